The number of aliphatic hydroxyl groups excluding tert-OH is 1. The minimum atomic E-state index is -1.85. The average molecular weight is 1550 g/mol. The molecule has 38 heteroatoms. The molecule has 0 spiro atoms. The van der Waals surface area contributed by atoms with Gasteiger partial charge < -0.3 is 95.7 Å². The van der Waals surface area contributed by atoms with E-state index in [1.807, 2.05) is 0 Å². The molecule has 6 rings (SSSR count). The van der Waals surface area contributed by atoms with Gasteiger partial charge >= 0.3 is 23.9 Å². The van der Waals surface area contributed by atoms with Gasteiger partial charge in [-0.25, -0.2) is 4.79 Å². The normalized spacial score (nSPS) is 20.7. The second kappa shape index (κ2) is 43.7. The lowest BCUT2D eigenvalue weighted by atomic mass is 10.0. The molecule has 582 valence electrons. The third-order valence-corrected chi connectivity index (χ3v) is 19.9. The highest BCUT2D eigenvalue weighted by Crippen LogP contribution is 2.25. The average Bonchev–Trinajstić information content (AvgIpc) is 0.843. The van der Waals surface area contributed by atoms with Gasteiger partial charge in [0.05, 0.1) is 32.3 Å². The fourth-order valence-corrected chi connectivity index (χ4v) is 13.9. The van der Waals surface area contributed by atoms with Crippen LogP contribution in [0.1, 0.15) is 48.4 Å². The fraction of sp³-hybridized carbons (Fsp3) is 0.464. The van der Waals surface area contributed by atoms with Crippen molar-refractivity contribution in [2.24, 2.45) is 17.2 Å². The lowest BCUT2D eigenvalue weighted by Gasteiger charge is -2.33. The lowest BCUT2D eigenvalue weighted by Crippen LogP contribution is -2.62. The molecule has 0 aromatic heterocycles. The van der Waals surface area contributed by atoms with Crippen molar-refractivity contribution in [1.29, 1.82) is 0 Å². The molecule has 2 aliphatic heterocycles. The summed E-state index contributed by atoms with van der Waals surface area (Å²) in [5.74, 6) is -13.6. The van der Waals surface area contributed by atoms with Crippen molar-refractivity contribution in [3.05, 3.63) is 124 Å². The Hall–Kier alpha value is -9.86. The minimum Gasteiger partial charge on any atom is -0.508 e. The molecule has 9 atom stereocenters. The molecule has 2 heterocycles. The third-order valence-electron chi connectivity index (χ3n) is 17.2. The number of nitrogens with two attached hydrogens (primary N) is 3. The molecule has 3 unspecified atom stereocenters. The Balaban J connectivity index is 1.43. The number of nitrogens with one attached hydrogen (secondary N) is 9. The Labute approximate surface area is 629 Å². The second-order valence-electron chi connectivity index (χ2n) is 25.7. The number of anilines is 1. The van der Waals surface area contributed by atoms with E-state index >= 15 is 14.4 Å². The maximum absolute atomic E-state index is 15.4. The van der Waals surface area contributed by atoms with Crippen LogP contribution in [0.15, 0.2) is 97.1 Å². The first-order valence-corrected chi connectivity index (χ1v) is 37.1. The van der Waals surface area contributed by atoms with E-state index in [0.717, 1.165) is 21.6 Å². The van der Waals surface area contributed by atoms with Crippen LogP contribution in [0.25, 0.3) is 0 Å². The van der Waals surface area contributed by atoms with Crippen LogP contribution >= 0.6 is 33.2 Å². The number of carboxylic acid groups (broad SMARTS) is 3. The summed E-state index contributed by atoms with van der Waals surface area (Å²) in [5.41, 5.74) is 18.9. The van der Waals surface area contributed by atoms with Gasteiger partial charge in [0.15, 0.2) is 0 Å². The summed E-state index contributed by atoms with van der Waals surface area (Å²) in [6.07, 6.45) is -2.40. The number of hydrogen-bond donors (Lipinski definition) is 18. The van der Waals surface area contributed by atoms with Crippen molar-refractivity contribution >= 4 is 116 Å². The van der Waals surface area contributed by atoms with Crippen LogP contribution in [0, 0.1) is 0 Å². The van der Waals surface area contributed by atoms with E-state index in [0.29, 0.717) is 33.7 Å². The van der Waals surface area contributed by atoms with Crippen LogP contribution in [-0.4, -0.2) is 278 Å². The first-order valence-electron chi connectivity index (χ1n) is 34.2. The van der Waals surface area contributed by atoms with E-state index in [1.54, 1.807) is 31.7 Å². The summed E-state index contributed by atoms with van der Waals surface area (Å²) in [4.78, 5) is 186. The van der Waals surface area contributed by atoms with Crippen molar-refractivity contribution in [2.45, 2.75) is 106 Å². The molecule has 21 N–H and O–H groups in total. The number of unbranched alkanes of at least 4 members (excludes halogenated alkanes) is 1. The highest BCUT2D eigenvalue weighted by atomic mass is 35.5. The van der Waals surface area contributed by atoms with Crippen LogP contribution in [0.4, 0.5) is 10.5 Å². The van der Waals surface area contributed by atoms with Crippen molar-refractivity contribution in [3.8, 4) is 11.5 Å². The highest BCUT2D eigenvalue weighted by molar-refractivity contribution is 8.76. The van der Waals surface area contributed by atoms with E-state index in [-0.39, 0.29) is 115 Å². The number of aliphatic hydroxyl groups is 1. The van der Waals surface area contributed by atoms with E-state index in [9.17, 15) is 78.6 Å². The smallest absolute Gasteiger partial charge is 0.317 e. The number of phenolic OH excluding ortho intramolecular Hbond substituents is 2. The monoisotopic (exact) mass is 1550 g/mol. The number of hydrogen-bond acceptors (Lipinski definition) is 23. The Kier molecular flexibility index (Phi) is 35.1. The predicted molar refractivity (Wildman–Crippen MR) is 395 cm³/mol. The Morgan fingerprint density at radius 3 is 1.43 bits per heavy atom. The highest BCUT2D eigenvalue weighted by Gasteiger charge is 2.38. The number of urea groups is 1. The predicted octanol–water partition coefficient (Wildman–Crippen LogP) is -2.74. The molecule has 2 saturated heterocycles. The molecule has 0 radical (unpaired) electrons. The first-order chi connectivity index (χ1) is 50.9. The molecule has 2 aliphatic rings. The Bertz CT molecular complexity index is 3670. The number of carbonyl (C=O) groups is 13. The lowest BCUT2D eigenvalue weighted by molar-refractivity contribution is -0.140. The van der Waals surface area contributed by atoms with Gasteiger partial charge in [-0.2, -0.15) is 0 Å². The minimum absolute atomic E-state index is 0.0183. The molecule has 0 bridgehead atoms. The van der Waals surface area contributed by atoms with Crippen LogP contribution in [0.3, 0.4) is 0 Å². The second-order valence-corrected chi connectivity index (χ2v) is 28.7. The van der Waals surface area contributed by atoms with Gasteiger partial charge in [0.1, 0.15) is 59.8 Å². The summed E-state index contributed by atoms with van der Waals surface area (Å²) >= 11 is 6.29. The Morgan fingerprint density at radius 1 is 0.533 bits per heavy atom. The van der Waals surface area contributed by atoms with E-state index < -0.39 is 169 Å². The number of carbonyl (C=O) groups excluding carboxylic acids is 10. The quantitative estimate of drug-likeness (QED) is 0.0203. The van der Waals surface area contributed by atoms with Crippen molar-refractivity contribution in [1.82, 2.24) is 62.1 Å². The summed E-state index contributed by atoms with van der Waals surface area (Å²) < 4.78 is 0. The number of amides is 11. The zero-order chi connectivity index (χ0) is 78.3. The number of primary amides is 2. The standard InChI is InChI=1S/C69H93ClN16O19S2/c1-40(87)60-68(104)81-55(66(102)77-50(61(72)97)30-43-9-17-47(88)18-10-43)39-107-106-38-54(67(103)79-53(33-44-11-19-48(89)20-12-44)65(101)78-52(32-42-7-15-46(16-8-42)74-69(73)105)64(100)76-49(62(98)82-60)4-2-3-21-71)80-63(99)51(31-41-5-13-45(70)14-6-41)75-56(90)34-83-22-24-84(35-57(91)92)26-28-86(37-59(95)96)29-27-85(25-23-83)36-58(93)94/h5-20,40,49-55,60,87-89H,2-4,21-39,71H2,1H3,(H2,72,97)(H,75,90)(H,76,100)(H,77,102)(H,78,101)(H,79,103)(H,80,99)(H,81,104)(H,82,98)(H,91,92)(H,93,94)(H,95,96)(H3,73,74,105)/t40-,49?,50-,51+,52-,53+,54?,55+,60?/m1/s1. The summed E-state index contributed by atoms with van der Waals surface area (Å²) in [6.45, 7) is 0.0299. The zero-order valence-corrected chi connectivity index (χ0v) is 61.1. The largest absolute Gasteiger partial charge is 0.508 e. The zero-order valence-electron chi connectivity index (χ0n) is 58.7. The number of carboxylic acids is 3. The molecule has 4 aromatic carbocycles. The van der Waals surface area contributed by atoms with Gasteiger partial charge in [-0.05, 0) is 104 Å². The number of benzene rings is 4. The number of phenols is 2. The molecule has 107 heavy (non-hydrogen) atoms. The molecule has 2 fully saturated rings. The summed E-state index contributed by atoms with van der Waals surface area (Å²) in [5, 5.41) is 84.7. The maximum Gasteiger partial charge on any atom is 0.317 e. The van der Waals surface area contributed by atoms with Gasteiger partial charge in [0.25, 0.3) is 0 Å². The number of nitrogens with zero attached hydrogens (tertiary/aromatic N) is 4. The SMILES string of the molecule is C[C@@H](O)C1NC(=O)C(CCCCN)NC(=O)[C@@H](Cc2ccc(NC(N)=O)cc2)NC(=O)[C@H](Cc2ccc(O)cc2)NC(=O)C(NC(=O)[C@H](Cc2ccc(Cl)cc2)NC(=O)CN2CCN(CC(=O)O)CCN(CC(=O)O)CCN(CC(=O)O)CC2)CSSC[C@@H](C(=O)N[C@H](Cc2ccc(O)cc2)C(N)=O)NC1=O. The Morgan fingerprint density at radius 2 is 0.963 bits per heavy atom. The molecular formula is C69H93ClN16O19S2. The van der Waals surface area contributed by atoms with E-state index in [2.05, 4.69) is 47.9 Å². The van der Waals surface area contributed by atoms with Crippen LogP contribution in [0.2, 0.25) is 5.02 Å². The molecule has 4 aromatic rings. The molecule has 11 amide bonds. The van der Waals surface area contributed by atoms with Crippen LogP contribution in [-0.2, 0) is 83.2 Å². The number of aliphatic carboxylic acids is 3. The fourth-order valence-electron chi connectivity index (χ4n) is 11.4. The summed E-state index contributed by atoms with van der Waals surface area (Å²) in [6, 6.07) is 9.44. The van der Waals surface area contributed by atoms with Gasteiger partial charge in [0, 0.05) is 100 Å². The number of halogens is 1. The number of aromatic hydroxyl groups is 2. The van der Waals surface area contributed by atoms with Gasteiger partial charge in [-0.1, -0.05) is 81.7 Å². The maximum atomic E-state index is 15.4. The van der Waals surface area contributed by atoms with Crippen LogP contribution in [0.5, 0.6) is 11.5 Å². The van der Waals surface area contributed by atoms with E-state index in [4.69, 9.17) is 28.8 Å². The molecule has 0 saturated carbocycles. The third kappa shape index (κ3) is 30.9. The number of rotatable bonds is 28. The van der Waals surface area contributed by atoms with Crippen molar-refractivity contribution in [2.75, 3.05) is 102 Å². The molecule has 0 aliphatic carbocycles. The van der Waals surface area contributed by atoms with Gasteiger partial charge in [-0.15, -0.1) is 0 Å². The molecular weight excluding hydrogens is 1460 g/mol. The van der Waals surface area contributed by atoms with Gasteiger partial charge in [-0.3, -0.25) is 77.1 Å². The first kappa shape index (κ1) is 86.1. The van der Waals surface area contributed by atoms with Crippen molar-refractivity contribution in [3.63, 3.8) is 0 Å². The van der Waals surface area contributed by atoms with Crippen LogP contribution < -0.4 is 65.1 Å². The van der Waals surface area contributed by atoms with Gasteiger partial charge in [0.2, 0.25) is 53.2 Å². The summed E-state index contributed by atoms with van der Waals surface area (Å²) in [7, 11) is 1.70. The topological polar surface area (TPSA) is 543 Å². The van der Waals surface area contributed by atoms with E-state index in [1.165, 1.54) is 91.9 Å². The van der Waals surface area contributed by atoms with Crippen molar-refractivity contribution < 1.29 is 93.0 Å². The molecule has 35 nitrogen and oxygen atoms in total.